The van der Waals surface area contributed by atoms with Gasteiger partial charge in [0.1, 0.15) is 17.2 Å². The third kappa shape index (κ3) is 4.94. The molecule has 0 fully saturated rings. The van der Waals surface area contributed by atoms with Crippen LogP contribution >= 0.6 is 23.2 Å². The first-order valence-electron chi connectivity index (χ1n) is 5.53. The van der Waals surface area contributed by atoms with Gasteiger partial charge in [-0.3, -0.25) is 0 Å². The summed E-state index contributed by atoms with van der Waals surface area (Å²) in [5, 5.41) is 9.86. The zero-order valence-electron chi connectivity index (χ0n) is 10.8. The standard InChI is InChI=1S/C14H13Cl2NO2/c1-14(2,3)19-13(18)10(8-17)6-9-4-5-11(15)7-12(9)16/h4-7H,1-3H3/b10-6-. The van der Waals surface area contributed by atoms with E-state index in [0.29, 0.717) is 15.6 Å². The zero-order chi connectivity index (χ0) is 14.6. The van der Waals surface area contributed by atoms with Crippen molar-refractivity contribution in [3.63, 3.8) is 0 Å². The number of ether oxygens (including phenoxy) is 1. The molecular weight excluding hydrogens is 285 g/mol. The highest BCUT2D eigenvalue weighted by atomic mass is 35.5. The summed E-state index contributed by atoms with van der Waals surface area (Å²) in [4.78, 5) is 11.8. The molecule has 1 rings (SSSR count). The van der Waals surface area contributed by atoms with Crippen LogP contribution in [0.3, 0.4) is 0 Å². The van der Waals surface area contributed by atoms with Crippen molar-refractivity contribution in [2.24, 2.45) is 0 Å². The fraction of sp³-hybridized carbons (Fsp3) is 0.286. The molecule has 0 unspecified atom stereocenters. The van der Waals surface area contributed by atoms with Crippen molar-refractivity contribution in [2.45, 2.75) is 26.4 Å². The van der Waals surface area contributed by atoms with Crippen molar-refractivity contribution in [3.8, 4) is 6.07 Å². The molecule has 0 aliphatic rings. The highest BCUT2D eigenvalue weighted by molar-refractivity contribution is 6.35. The van der Waals surface area contributed by atoms with E-state index in [0.717, 1.165) is 0 Å². The highest BCUT2D eigenvalue weighted by Crippen LogP contribution is 2.23. The Labute approximate surface area is 122 Å². The first-order chi connectivity index (χ1) is 8.73. The minimum atomic E-state index is -0.680. The molecule has 0 N–H and O–H groups in total. The second kappa shape index (κ2) is 6.10. The van der Waals surface area contributed by atoms with Crippen molar-refractivity contribution in [2.75, 3.05) is 0 Å². The second-order valence-electron chi connectivity index (χ2n) is 4.84. The zero-order valence-corrected chi connectivity index (χ0v) is 12.3. The summed E-state index contributed by atoms with van der Waals surface area (Å²) in [6, 6.07) is 6.61. The van der Waals surface area contributed by atoms with Crippen LogP contribution in [-0.4, -0.2) is 11.6 Å². The molecule has 0 saturated heterocycles. The Bertz CT molecular complexity index is 566. The largest absolute Gasteiger partial charge is 0.456 e. The van der Waals surface area contributed by atoms with Crippen molar-refractivity contribution < 1.29 is 9.53 Å². The average molecular weight is 298 g/mol. The van der Waals surface area contributed by atoms with Gasteiger partial charge in [0.15, 0.2) is 0 Å². The maximum absolute atomic E-state index is 11.8. The van der Waals surface area contributed by atoms with Crippen molar-refractivity contribution >= 4 is 35.2 Å². The molecule has 3 nitrogen and oxygen atoms in total. The van der Waals surface area contributed by atoms with Crippen molar-refractivity contribution in [1.82, 2.24) is 0 Å². The molecule has 0 amide bonds. The van der Waals surface area contributed by atoms with Gasteiger partial charge < -0.3 is 4.74 Å². The maximum atomic E-state index is 11.8. The normalized spacial score (nSPS) is 11.9. The number of nitrogens with zero attached hydrogens (tertiary/aromatic N) is 1. The van der Waals surface area contributed by atoms with Gasteiger partial charge in [0.05, 0.1) is 0 Å². The molecule has 5 heteroatoms. The van der Waals surface area contributed by atoms with Crippen molar-refractivity contribution in [1.29, 1.82) is 5.26 Å². The Morgan fingerprint density at radius 1 is 1.37 bits per heavy atom. The third-order valence-electron chi connectivity index (χ3n) is 2.00. The lowest BCUT2D eigenvalue weighted by molar-refractivity contribution is -0.149. The van der Waals surface area contributed by atoms with Gasteiger partial charge in [-0.1, -0.05) is 29.3 Å². The molecule has 0 saturated carbocycles. The minimum absolute atomic E-state index is 0.112. The van der Waals surface area contributed by atoms with Gasteiger partial charge in [-0.05, 0) is 44.5 Å². The van der Waals surface area contributed by atoms with Gasteiger partial charge in [-0.2, -0.15) is 5.26 Å². The number of nitriles is 1. The molecule has 0 aliphatic carbocycles. The van der Waals surface area contributed by atoms with Crippen LogP contribution in [0.5, 0.6) is 0 Å². The lowest BCUT2D eigenvalue weighted by Crippen LogP contribution is -2.24. The lowest BCUT2D eigenvalue weighted by Gasteiger charge is -2.18. The van der Waals surface area contributed by atoms with E-state index in [9.17, 15) is 4.79 Å². The minimum Gasteiger partial charge on any atom is -0.456 e. The van der Waals surface area contributed by atoms with Crippen LogP contribution in [0.2, 0.25) is 10.0 Å². The van der Waals surface area contributed by atoms with E-state index in [-0.39, 0.29) is 5.57 Å². The summed E-state index contributed by atoms with van der Waals surface area (Å²) in [6.07, 6.45) is 1.38. The molecule has 100 valence electrons. The molecule has 1 aromatic rings. The summed E-state index contributed by atoms with van der Waals surface area (Å²) < 4.78 is 5.13. The summed E-state index contributed by atoms with van der Waals surface area (Å²) in [5.41, 5.74) is -0.232. The molecular formula is C14H13Cl2NO2. The van der Waals surface area contributed by atoms with Crippen LogP contribution in [0, 0.1) is 11.3 Å². The first-order valence-corrected chi connectivity index (χ1v) is 6.29. The number of esters is 1. The maximum Gasteiger partial charge on any atom is 0.349 e. The molecule has 0 heterocycles. The summed E-state index contributed by atoms with van der Waals surface area (Å²) in [7, 11) is 0. The topological polar surface area (TPSA) is 50.1 Å². The number of carbonyl (C=O) groups excluding carboxylic acids is 1. The molecule has 0 aromatic heterocycles. The predicted molar refractivity (Wildman–Crippen MR) is 75.9 cm³/mol. The van der Waals surface area contributed by atoms with Crippen LogP contribution < -0.4 is 0 Å². The smallest absolute Gasteiger partial charge is 0.349 e. The Balaban J connectivity index is 3.07. The average Bonchev–Trinajstić information content (AvgIpc) is 2.25. The van der Waals surface area contributed by atoms with E-state index in [4.69, 9.17) is 33.2 Å². The first kappa shape index (κ1) is 15.6. The predicted octanol–water partition coefficient (Wildman–Crippen LogP) is 4.24. The molecule has 0 radical (unpaired) electrons. The molecule has 0 spiro atoms. The van der Waals surface area contributed by atoms with Crippen LogP contribution in [0.4, 0.5) is 0 Å². The fourth-order valence-electron chi connectivity index (χ4n) is 1.24. The van der Waals surface area contributed by atoms with Crippen molar-refractivity contribution in [3.05, 3.63) is 39.4 Å². The number of hydrogen-bond acceptors (Lipinski definition) is 3. The third-order valence-corrected chi connectivity index (χ3v) is 2.56. The summed E-state index contributed by atoms with van der Waals surface area (Å²) in [5.74, 6) is -0.680. The van der Waals surface area contributed by atoms with Gasteiger partial charge in [-0.25, -0.2) is 4.79 Å². The second-order valence-corrected chi connectivity index (χ2v) is 5.68. The molecule has 0 aliphatic heterocycles. The lowest BCUT2D eigenvalue weighted by atomic mass is 10.1. The van der Waals surface area contributed by atoms with E-state index >= 15 is 0 Å². The molecule has 1 aromatic carbocycles. The molecule has 0 atom stereocenters. The number of rotatable bonds is 2. The Morgan fingerprint density at radius 2 is 2.00 bits per heavy atom. The van der Waals surface area contributed by atoms with E-state index in [2.05, 4.69) is 0 Å². The Kier molecular flexibility index (Phi) is 4.99. The number of hydrogen-bond donors (Lipinski definition) is 0. The van der Waals surface area contributed by atoms with E-state index < -0.39 is 11.6 Å². The summed E-state index contributed by atoms with van der Waals surface area (Å²) >= 11 is 11.8. The monoisotopic (exact) mass is 297 g/mol. The van der Waals surface area contributed by atoms with E-state index in [1.807, 2.05) is 6.07 Å². The quantitative estimate of drug-likeness (QED) is 0.466. The fourth-order valence-corrected chi connectivity index (χ4v) is 1.71. The van der Waals surface area contributed by atoms with Gasteiger partial charge in [-0.15, -0.1) is 0 Å². The van der Waals surface area contributed by atoms with Crippen LogP contribution in [-0.2, 0) is 9.53 Å². The van der Waals surface area contributed by atoms with Gasteiger partial charge >= 0.3 is 5.97 Å². The van der Waals surface area contributed by atoms with Gasteiger partial charge in [0.25, 0.3) is 0 Å². The number of carbonyl (C=O) groups is 1. The molecule has 0 bridgehead atoms. The Morgan fingerprint density at radius 3 is 2.47 bits per heavy atom. The molecule has 19 heavy (non-hydrogen) atoms. The van der Waals surface area contributed by atoms with Crippen LogP contribution in [0.1, 0.15) is 26.3 Å². The Hall–Kier alpha value is -1.50. The van der Waals surface area contributed by atoms with Crippen LogP contribution in [0.25, 0.3) is 6.08 Å². The van der Waals surface area contributed by atoms with Gasteiger partial charge in [0.2, 0.25) is 0 Å². The highest BCUT2D eigenvalue weighted by Gasteiger charge is 2.20. The van der Waals surface area contributed by atoms with E-state index in [1.54, 1.807) is 39.0 Å². The summed E-state index contributed by atoms with van der Waals surface area (Å²) in [6.45, 7) is 5.19. The van der Waals surface area contributed by atoms with E-state index in [1.165, 1.54) is 6.08 Å². The van der Waals surface area contributed by atoms with Gasteiger partial charge in [0, 0.05) is 10.0 Å². The van der Waals surface area contributed by atoms with Crippen LogP contribution in [0.15, 0.2) is 23.8 Å². The SMILES string of the molecule is CC(C)(C)OC(=O)/C(C#N)=C\c1ccc(Cl)cc1Cl. The number of benzene rings is 1. The number of halogens is 2.